The van der Waals surface area contributed by atoms with Crippen LogP contribution in [0.3, 0.4) is 0 Å². The van der Waals surface area contributed by atoms with Gasteiger partial charge in [-0.05, 0) is 36.5 Å². The molecule has 11 heteroatoms. The van der Waals surface area contributed by atoms with Gasteiger partial charge in [0.2, 0.25) is 17.7 Å². The summed E-state index contributed by atoms with van der Waals surface area (Å²) in [4.78, 5) is 51.0. The van der Waals surface area contributed by atoms with Crippen molar-refractivity contribution in [3.63, 3.8) is 0 Å². The van der Waals surface area contributed by atoms with Gasteiger partial charge in [-0.1, -0.05) is 18.2 Å². The Morgan fingerprint density at radius 2 is 1.78 bits per heavy atom. The minimum atomic E-state index is -1.18. The number of rotatable bonds is 13. The number of amides is 3. The first kappa shape index (κ1) is 25.2. The third-order valence-corrected chi connectivity index (χ3v) is 5.64. The Balaban J connectivity index is 2.08. The fourth-order valence-corrected chi connectivity index (χ4v) is 3.68. The SMILES string of the molecule is CSCC[C@H](NC(=O)[C@@H](N)CCC(N)=O)C(=O)N[C@@H](Cc1c[nH]c2ccccc12)C(=O)O. The van der Waals surface area contributed by atoms with Crippen molar-refractivity contribution in [2.45, 2.75) is 43.8 Å². The smallest absolute Gasteiger partial charge is 0.326 e. The van der Waals surface area contributed by atoms with Crippen molar-refractivity contribution < 1.29 is 24.3 Å². The van der Waals surface area contributed by atoms with Crippen LogP contribution in [-0.4, -0.2) is 63.9 Å². The number of carboxylic acid groups (broad SMARTS) is 1. The lowest BCUT2D eigenvalue weighted by atomic mass is 10.0. The van der Waals surface area contributed by atoms with Gasteiger partial charge in [0.25, 0.3) is 0 Å². The molecule has 0 spiro atoms. The Hall–Kier alpha value is -3.05. The minimum Gasteiger partial charge on any atom is -0.480 e. The lowest BCUT2D eigenvalue weighted by molar-refractivity contribution is -0.142. The van der Waals surface area contributed by atoms with Gasteiger partial charge in [-0.25, -0.2) is 4.79 Å². The molecule has 0 aliphatic carbocycles. The molecule has 0 bridgehead atoms. The zero-order valence-corrected chi connectivity index (χ0v) is 18.6. The van der Waals surface area contributed by atoms with Crippen LogP contribution in [0.4, 0.5) is 0 Å². The molecule has 0 aliphatic heterocycles. The summed E-state index contributed by atoms with van der Waals surface area (Å²) in [6, 6.07) is 4.32. The highest BCUT2D eigenvalue weighted by molar-refractivity contribution is 7.98. The maximum Gasteiger partial charge on any atom is 0.326 e. The predicted octanol–water partition coefficient (Wildman–Crippen LogP) is 0.111. The molecule has 10 nitrogen and oxygen atoms in total. The molecule has 174 valence electrons. The summed E-state index contributed by atoms with van der Waals surface area (Å²) in [5.41, 5.74) is 12.5. The van der Waals surface area contributed by atoms with E-state index in [4.69, 9.17) is 11.5 Å². The second-order valence-electron chi connectivity index (χ2n) is 7.42. The third kappa shape index (κ3) is 7.27. The van der Waals surface area contributed by atoms with Gasteiger partial charge in [-0.3, -0.25) is 14.4 Å². The Kier molecular flexibility index (Phi) is 9.54. The number of aromatic nitrogens is 1. The summed E-state index contributed by atoms with van der Waals surface area (Å²) >= 11 is 1.48. The highest BCUT2D eigenvalue weighted by Crippen LogP contribution is 2.19. The van der Waals surface area contributed by atoms with E-state index in [0.29, 0.717) is 12.2 Å². The normalized spacial score (nSPS) is 13.8. The molecule has 0 saturated heterocycles. The number of fused-ring (bicyclic) bond motifs is 1. The van der Waals surface area contributed by atoms with Gasteiger partial charge in [0, 0.05) is 29.9 Å². The molecule has 1 heterocycles. The minimum absolute atomic E-state index is 0.0519. The second kappa shape index (κ2) is 12.1. The first-order valence-corrected chi connectivity index (χ1v) is 11.5. The number of carbonyl (C=O) groups excluding carboxylic acids is 3. The average molecular weight is 464 g/mol. The molecule has 1 aromatic carbocycles. The third-order valence-electron chi connectivity index (χ3n) is 5.00. The van der Waals surface area contributed by atoms with Gasteiger partial charge >= 0.3 is 5.97 Å². The van der Waals surface area contributed by atoms with Crippen molar-refractivity contribution in [3.05, 3.63) is 36.0 Å². The van der Waals surface area contributed by atoms with Crippen molar-refractivity contribution in [1.82, 2.24) is 15.6 Å². The molecule has 0 aliphatic rings. The van der Waals surface area contributed by atoms with Crippen LogP contribution in [0.2, 0.25) is 0 Å². The van der Waals surface area contributed by atoms with Crippen LogP contribution >= 0.6 is 11.8 Å². The van der Waals surface area contributed by atoms with Crippen LogP contribution in [0.25, 0.3) is 10.9 Å². The highest BCUT2D eigenvalue weighted by Gasteiger charge is 2.28. The quantitative estimate of drug-likeness (QED) is 0.244. The van der Waals surface area contributed by atoms with Crippen LogP contribution < -0.4 is 22.1 Å². The molecule has 0 fully saturated rings. The first-order valence-electron chi connectivity index (χ1n) is 10.1. The van der Waals surface area contributed by atoms with E-state index in [2.05, 4.69) is 15.6 Å². The number of nitrogens with two attached hydrogens (primary N) is 2. The molecule has 8 N–H and O–H groups in total. The standard InChI is InChI=1S/C21H29N5O5S/c1-32-9-8-16(25-19(28)14(22)6-7-18(23)27)20(29)26-17(21(30)31)10-12-11-24-15-5-3-2-4-13(12)15/h2-5,11,14,16-17,24H,6-10,22H2,1H3,(H2,23,27)(H,25,28)(H,26,29)(H,30,31)/t14-,16-,17-/m0/s1. The van der Waals surface area contributed by atoms with Crippen LogP contribution in [0.1, 0.15) is 24.8 Å². The van der Waals surface area contributed by atoms with Gasteiger partial charge in [-0.2, -0.15) is 11.8 Å². The molecule has 3 amide bonds. The Morgan fingerprint density at radius 1 is 1.09 bits per heavy atom. The molecule has 0 unspecified atom stereocenters. The maximum atomic E-state index is 12.9. The Labute approximate surface area is 189 Å². The number of carbonyl (C=O) groups is 4. The highest BCUT2D eigenvalue weighted by atomic mass is 32.2. The summed E-state index contributed by atoms with van der Waals surface area (Å²) in [7, 11) is 0. The Bertz CT molecular complexity index is 963. The fourth-order valence-electron chi connectivity index (χ4n) is 3.20. The summed E-state index contributed by atoms with van der Waals surface area (Å²) < 4.78 is 0. The molecule has 32 heavy (non-hydrogen) atoms. The molecule has 0 saturated carbocycles. The zero-order valence-electron chi connectivity index (χ0n) is 17.8. The summed E-state index contributed by atoms with van der Waals surface area (Å²) in [6.07, 6.45) is 3.94. The summed E-state index contributed by atoms with van der Waals surface area (Å²) in [6.45, 7) is 0. The number of nitrogens with one attached hydrogen (secondary N) is 3. The molecular weight excluding hydrogens is 434 g/mol. The molecule has 2 aromatic rings. The van der Waals surface area contributed by atoms with Gasteiger partial charge < -0.3 is 32.2 Å². The lowest BCUT2D eigenvalue weighted by Gasteiger charge is -2.22. The Morgan fingerprint density at radius 3 is 2.44 bits per heavy atom. The number of thioether (sulfide) groups is 1. The van der Waals surface area contributed by atoms with Crippen molar-refractivity contribution in [2.75, 3.05) is 12.0 Å². The number of aliphatic carboxylic acids is 1. The number of para-hydroxylation sites is 1. The number of aromatic amines is 1. The largest absolute Gasteiger partial charge is 0.480 e. The topological polar surface area (TPSA) is 180 Å². The van der Waals surface area contributed by atoms with E-state index in [9.17, 15) is 24.3 Å². The lowest BCUT2D eigenvalue weighted by Crippen LogP contribution is -2.55. The van der Waals surface area contributed by atoms with Gasteiger partial charge in [0.1, 0.15) is 12.1 Å². The monoisotopic (exact) mass is 463 g/mol. The van der Waals surface area contributed by atoms with Crippen molar-refractivity contribution in [2.24, 2.45) is 11.5 Å². The van der Waals surface area contributed by atoms with Gasteiger partial charge in [0.15, 0.2) is 0 Å². The van der Waals surface area contributed by atoms with E-state index < -0.39 is 41.8 Å². The average Bonchev–Trinajstić information content (AvgIpc) is 3.16. The van der Waals surface area contributed by atoms with E-state index in [1.807, 2.05) is 30.5 Å². The molecule has 0 radical (unpaired) electrons. The molecule has 1 aromatic heterocycles. The fraction of sp³-hybridized carbons (Fsp3) is 0.429. The number of carboxylic acids is 1. The molecule has 2 rings (SSSR count). The number of hydrogen-bond acceptors (Lipinski definition) is 6. The predicted molar refractivity (Wildman–Crippen MR) is 123 cm³/mol. The number of H-pyrrole nitrogens is 1. The summed E-state index contributed by atoms with van der Waals surface area (Å²) in [5, 5.41) is 15.6. The van der Waals surface area contributed by atoms with E-state index in [1.54, 1.807) is 6.20 Å². The van der Waals surface area contributed by atoms with Crippen molar-refractivity contribution in [1.29, 1.82) is 0 Å². The summed E-state index contributed by atoms with van der Waals surface area (Å²) in [5.74, 6) is -2.41. The molecule has 3 atom stereocenters. The van der Waals surface area contributed by atoms with Crippen molar-refractivity contribution in [3.8, 4) is 0 Å². The van der Waals surface area contributed by atoms with Crippen LogP contribution in [-0.2, 0) is 25.6 Å². The van der Waals surface area contributed by atoms with Crippen LogP contribution in [0.5, 0.6) is 0 Å². The van der Waals surface area contributed by atoms with Crippen LogP contribution in [0, 0.1) is 0 Å². The van der Waals surface area contributed by atoms with Gasteiger partial charge in [-0.15, -0.1) is 0 Å². The van der Waals surface area contributed by atoms with Crippen LogP contribution in [0.15, 0.2) is 30.5 Å². The van der Waals surface area contributed by atoms with Crippen molar-refractivity contribution >= 4 is 46.4 Å². The van der Waals surface area contributed by atoms with E-state index >= 15 is 0 Å². The second-order valence-corrected chi connectivity index (χ2v) is 8.40. The molecular formula is C21H29N5O5S. The first-order chi connectivity index (χ1) is 15.2. The van der Waals surface area contributed by atoms with E-state index in [1.165, 1.54) is 11.8 Å². The zero-order chi connectivity index (χ0) is 23.7. The van der Waals surface area contributed by atoms with E-state index in [0.717, 1.165) is 16.5 Å². The number of primary amides is 1. The number of hydrogen-bond donors (Lipinski definition) is 6. The van der Waals surface area contributed by atoms with E-state index in [-0.39, 0.29) is 19.3 Å². The van der Waals surface area contributed by atoms with Gasteiger partial charge in [0.05, 0.1) is 6.04 Å². The maximum absolute atomic E-state index is 12.9. The number of benzene rings is 1.